The summed E-state index contributed by atoms with van der Waals surface area (Å²) >= 11 is 0. The Bertz CT molecular complexity index is 489. The van der Waals surface area contributed by atoms with Crippen molar-refractivity contribution >= 4 is 5.91 Å². The van der Waals surface area contributed by atoms with E-state index in [1.54, 1.807) is 19.1 Å². The maximum atomic E-state index is 11.5. The second-order valence-corrected chi connectivity index (χ2v) is 4.33. The highest BCUT2D eigenvalue weighted by molar-refractivity contribution is 5.78. The van der Waals surface area contributed by atoms with Crippen LogP contribution in [0.1, 0.15) is 23.1 Å². The van der Waals surface area contributed by atoms with Gasteiger partial charge >= 0.3 is 0 Å². The molecule has 0 heterocycles. The van der Waals surface area contributed by atoms with E-state index in [0.717, 1.165) is 22.4 Å². The summed E-state index contributed by atoms with van der Waals surface area (Å²) in [6, 6.07) is 5.85. The summed E-state index contributed by atoms with van der Waals surface area (Å²) in [5, 5.41) is 8.50. The number of methoxy groups -OCH3 is 1. The molecule has 4 nitrogen and oxygen atoms in total. The van der Waals surface area contributed by atoms with Crippen molar-refractivity contribution in [2.75, 3.05) is 14.2 Å². The smallest absolute Gasteiger partial charge is 0.236 e. The molecule has 0 aliphatic carbocycles. The average molecular weight is 246 g/mol. The lowest BCUT2D eigenvalue weighted by Gasteiger charge is -2.18. The summed E-state index contributed by atoms with van der Waals surface area (Å²) in [6.45, 7) is 4.47. The van der Waals surface area contributed by atoms with E-state index in [1.165, 1.54) is 0 Å². The quantitative estimate of drug-likeness (QED) is 0.818. The molecule has 0 saturated carbocycles. The van der Waals surface area contributed by atoms with Crippen LogP contribution in [0.5, 0.6) is 5.75 Å². The van der Waals surface area contributed by atoms with E-state index in [9.17, 15) is 4.79 Å². The van der Waals surface area contributed by atoms with E-state index in [1.807, 2.05) is 32.0 Å². The normalized spacial score (nSPS) is 9.72. The van der Waals surface area contributed by atoms with Gasteiger partial charge in [-0.05, 0) is 36.6 Å². The third-order valence-electron chi connectivity index (χ3n) is 2.92. The first-order valence-electron chi connectivity index (χ1n) is 5.74. The van der Waals surface area contributed by atoms with Crippen molar-refractivity contribution in [1.82, 2.24) is 4.90 Å². The molecule has 1 aromatic rings. The Morgan fingerprint density at radius 1 is 1.39 bits per heavy atom. The molecule has 0 unspecified atom stereocenters. The van der Waals surface area contributed by atoms with Crippen LogP contribution in [0, 0.1) is 25.2 Å². The summed E-state index contributed by atoms with van der Waals surface area (Å²) in [4.78, 5) is 13.1. The van der Waals surface area contributed by atoms with Gasteiger partial charge in [0, 0.05) is 13.6 Å². The van der Waals surface area contributed by atoms with Crippen molar-refractivity contribution < 1.29 is 9.53 Å². The third-order valence-corrected chi connectivity index (χ3v) is 2.92. The first-order chi connectivity index (χ1) is 8.49. The van der Waals surface area contributed by atoms with Gasteiger partial charge in [-0.25, -0.2) is 0 Å². The van der Waals surface area contributed by atoms with Crippen LogP contribution in [0.25, 0.3) is 0 Å². The molecule has 0 aliphatic heterocycles. The predicted octanol–water partition coefficient (Wildman–Crippen LogP) is 2.18. The van der Waals surface area contributed by atoms with Gasteiger partial charge < -0.3 is 9.64 Å². The molecule has 4 heteroatoms. The van der Waals surface area contributed by atoms with Gasteiger partial charge in [0.05, 0.1) is 13.2 Å². The lowest BCUT2D eigenvalue weighted by atomic mass is 10.0. The summed E-state index contributed by atoms with van der Waals surface area (Å²) in [5.41, 5.74) is 3.19. The van der Waals surface area contributed by atoms with Crippen LogP contribution >= 0.6 is 0 Å². The van der Waals surface area contributed by atoms with Crippen molar-refractivity contribution in [3.63, 3.8) is 0 Å². The summed E-state index contributed by atoms with van der Waals surface area (Å²) < 4.78 is 5.25. The van der Waals surface area contributed by atoms with Crippen molar-refractivity contribution in [3.05, 3.63) is 28.8 Å². The first kappa shape index (κ1) is 14.0. The van der Waals surface area contributed by atoms with Crippen molar-refractivity contribution in [2.24, 2.45) is 0 Å². The van der Waals surface area contributed by atoms with Crippen LogP contribution in [0.3, 0.4) is 0 Å². The molecular weight excluding hydrogens is 228 g/mol. The van der Waals surface area contributed by atoms with Gasteiger partial charge in [0.1, 0.15) is 12.2 Å². The third kappa shape index (κ3) is 3.24. The Morgan fingerprint density at radius 3 is 2.61 bits per heavy atom. The van der Waals surface area contributed by atoms with E-state index in [4.69, 9.17) is 10.00 Å². The molecule has 0 bridgehead atoms. The summed E-state index contributed by atoms with van der Waals surface area (Å²) in [6.07, 6.45) is -0.0787. The molecule has 0 fully saturated rings. The Balaban J connectivity index is 2.89. The van der Waals surface area contributed by atoms with Crippen LogP contribution in [-0.2, 0) is 11.3 Å². The van der Waals surface area contributed by atoms with E-state index in [-0.39, 0.29) is 12.3 Å². The second kappa shape index (κ2) is 6.06. The standard InChI is InChI=1S/C14H18N2O2/c1-10-8-13(18-4)11(2)7-12(10)9-16(3)14(17)5-6-15/h7-8H,5,9H2,1-4H3. The van der Waals surface area contributed by atoms with Crippen LogP contribution in [0.4, 0.5) is 0 Å². The fourth-order valence-corrected chi connectivity index (χ4v) is 1.79. The van der Waals surface area contributed by atoms with Crippen LogP contribution < -0.4 is 4.74 Å². The number of ether oxygens (including phenoxy) is 1. The molecular formula is C14H18N2O2. The number of benzene rings is 1. The molecule has 0 aromatic heterocycles. The number of aryl methyl sites for hydroxylation is 2. The Labute approximate surface area is 108 Å². The van der Waals surface area contributed by atoms with Gasteiger partial charge in [-0.1, -0.05) is 6.07 Å². The Hall–Kier alpha value is -2.02. The van der Waals surface area contributed by atoms with E-state index >= 15 is 0 Å². The van der Waals surface area contributed by atoms with E-state index in [0.29, 0.717) is 6.54 Å². The molecule has 0 saturated heterocycles. The zero-order valence-electron chi connectivity index (χ0n) is 11.3. The largest absolute Gasteiger partial charge is 0.496 e. The zero-order chi connectivity index (χ0) is 13.7. The molecule has 0 radical (unpaired) electrons. The van der Waals surface area contributed by atoms with Crippen LogP contribution in [0.2, 0.25) is 0 Å². The summed E-state index contributed by atoms with van der Waals surface area (Å²) in [5.74, 6) is 0.688. The van der Waals surface area contributed by atoms with Crippen molar-refractivity contribution in [2.45, 2.75) is 26.8 Å². The molecule has 0 N–H and O–H groups in total. The maximum absolute atomic E-state index is 11.5. The molecule has 0 spiro atoms. The number of carbonyl (C=O) groups is 1. The Kier molecular flexibility index (Phi) is 4.73. The minimum absolute atomic E-state index is 0.0787. The molecule has 1 amide bonds. The van der Waals surface area contributed by atoms with Gasteiger partial charge in [0.25, 0.3) is 0 Å². The molecule has 0 atom stereocenters. The second-order valence-electron chi connectivity index (χ2n) is 4.33. The van der Waals surface area contributed by atoms with Gasteiger partial charge in [-0.15, -0.1) is 0 Å². The van der Waals surface area contributed by atoms with Crippen molar-refractivity contribution in [3.8, 4) is 11.8 Å². The number of hydrogen-bond donors (Lipinski definition) is 0. The lowest BCUT2D eigenvalue weighted by Crippen LogP contribution is -2.25. The highest BCUT2D eigenvalue weighted by atomic mass is 16.5. The molecule has 18 heavy (non-hydrogen) atoms. The number of nitriles is 1. The number of rotatable bonds is 4. The first-order valence-corrected chi connectivity index (χ1v) is 5.74. The molecule has 1 rings (SSSR count). The fraction of sp³-hybridized carbons (Fsp3) is 0.429. The van der Waals surface area contributed by atoms with Crippen LogP contribution in [-0.4, -0.2) is 25.0 Å². The van der Waals surface area contributed by atoms with Crippen LogP contribution in [0.15, 0.2) is 12.1 Å². The molecule has 96 valence electrons. The topological polar surface area (TPSA) is 53.3 Å². The number of carbonyl (C=O) groups excluding carboxylic acids is 1. The lowest BCUT2D eigenvalue weighted by molar-refractivity contribution is -0.129. The summed E-state index contributed by atoms with van der Waals surface area (Å²) in [7, 11) is 3.35. The predicted molar refractivity (Wildman–Crippen MR) is 69.2 cm³/mol. The minimum Gasteiger partial charge on any atom is -0.496 e. The maximum Gasteiger partial charge on any atom is 0.236 e. The number of amides is 1. The van der Waals surface area contributed by atoms with Gasteiger partial charge in [-0.3, -0.25) is 4.79 Å². The van der Waals surface area contributed by atoms with Gasteiger partial charge in [-0.2, -0.15) is 5.26 Å². The monoisotopic (exact) mass is 246 g/mol. The zero-order valence-corrected chi connectivity index (χ0v) is 11.3. The van der Waals surface area contributed by atoms with E-state index < -0.39 is 0 Å². The number of nitrogens with zero attached hydrogens (tertiary/aromatic N) is 2. The van der Waals surface area contributed by atoms with E-state index in [2.05, 4.69) is 0 Å². The van der Waals surface area contributed by atoms with Crippen molar-refractivity contribution in [1.29, 1.82) is 5.26 Å². The highest BCUT2D eigenvalue weighted by Gasteiger charge is 2.11. The SMILES string of the molecule is COc1cc(C)c(CN(C)C(=O)CC#N)cc1C. The van der Waals surface area contributed by atoms with Gasteiger partial charge in [0.15, 0.2) is 0 Å². The average Bonchev–Trinajstić information content (AvgIpc) is 2.33. The van der Waals surface area contributed by atoms with Gasteiger partial charge in [0.2, 0.25) is 5.91 Å². The fourth-order valence-electron chi connectivity index (χ4n) is 1.79. The highest BCUT2D eigenvalue weighted by Crippen LogP contribution is 2.23. The Morgan fingerprint density at radius 2 is 2.06 bits per heavy atom. The minimum atomic E-state index is -0.162. The molecule has 1 aromatic carbocycles. The number of hydrogen-bond acceptors (Lipinski definition) is 3. The molecule has 0 aliphatic rings.